The SMILES string of the molecule is COc1ccc(N2C(=O)CC(SC(N)=NN=C(C)c3ccc(O)cc3)C2=O)cc1. The van der Waals surface area contributed by atoms with Gasteiger partial charge in [0, 0.05) is 6.42 Å². The zero-order valence-corrected chi connectivity index (χ0v) is 16.7. The normalized spacial score (nSPS) is 17.7. The van der Waals surface area contributed by atoms with Gasteiger partial charge in [-0.15, -0.1) is 5.10 Å². The molecule has 2 aromatic carbocycles. The number of hydrogen-bond acceptors (Lipinski definition) is 7. The number of thioether (sulfide) groups is 1. The summed E-state index contributed by atoms with van der Waals surface area (Å²) in [6, 6.07) is 13.2. The van der Waals surface area contributed by atoms with Gasteiger partial charge in [0.1, 0.15) is 16.7 Å². The lowest BCUT2D eigenvalue weighted by Crippen LogP contribution is -2.31. The molecule has 3 N–H and O–H groups in total. The quantitative estimate of drug-likeness (QED) is 0.337. The van der Waals surface area contributed by atoms with Crippen LogP contribution in [0, 0.1) is 0 Å². The number of carbonyl (C=O) groups excluding carboxylic acids is 2. The van der Waals surface area contributed by atoms with E-state index in [-0.39, 0.29) is 29.2 Å². The molecule has 8 nitrogen and oxygen atoms in total. The van der Waals surface area contributed by atoms with Crippen molar-refractivity contribution in [1.29, 1.82) is 0 Å². The average molecular weight is 412 g/mol. The molecule has 2 amide bonds. The first-order valence-electron chi connectivity index (χ1n) is 8.73. The van der Waals surface area contributed by atoms with Gasteiger partial charge in [-0.2, -0.15) is 5.10 Å². The Balaban J connectivity index is 1.68. The van der Waals surface area contributed by atoms with Gasteiger partial charge in [0.25, 0.3) is 0 Å². The van der Waals surface area contributed by atoms with Crippen LogP contribution in [-0.4, -0.2) is 40.2 Å². The van der Waals surface area contributed by atoms with Gasteiger partial charge in [0.05, 0.1) is 18.5 Å². The van der Waals surface area contributed by atoms with Crippen LogP contribution in [-0.2, 0) is 9.59 Å². The van der Waals surface area contributed by atoms with Crippen LogP contribution in [0.25, 0.3) is 0 Å². The number of aromatic hydroxyl groups is 1. The first-order chi connectivity index (χ1) is 13.9. The number of amidine groups is 1. The van der Waals surface area contributed by atoms with Gasteiger partial charge in [0.2, 0.25) is 11.8 Å². The molecule has 0 bridgehead atoms. The molecule has 29 heavy (non-hydrogen) atoms. The second-order valence-corrected chi connectivity index (χ2v) is 7.47. The van der Waals surface area contributed by atoms with Crippen molar-refractivity contribution in [3.8, 4) is 11.5 Å². The van der Waals surface area contributed by atoms with Crippen molar-refractivity contribution in [1.82, 2.24) is 0 Å². The lowest BCUT2D eigenvalue weighted by atomic mass is 10.1. The molecule has 0 radical (unpaired) electrons. The summed E-state index contributed by atoms with van der Waals surface area (Å²) in [6.45, 7) is 1.75. The molecule has 0 aliphatic carbocycles. The fourth-order valence-electron chi connectivity index (χ4n) is 2.75. The number of hydrogen-bond donors (Lipinski definition) is 2. The number of ether oxygens (including phenoxy) is 1. The van der Waals surface area contributed by atoms with Crippen molar-refractivity contribution in [2.24, 2.45) is 15.9 Å². The molecule has 2 aromatic rings. The van der Waals surface area contributed by atoms with Gasteiger partial charge in [-0.05, 0) is 61.0 Å². The van der Waals surface area contributed by atoms with Crippen LogP contribution in [0.1, 0.15) is 18.9 Å². The number of amides is 2. The van der Waals surface area contributed by atoms with Gasteiger partial charge in [-0.25, -0.2) is 4.90 Å². The molecule has 9 heteroatoms. The number of nitrogens with two attached hydrogens (primary N) is 1. The highest BCUT2D eigenvalue weighted by atomic mass is 32.2. The van der Waals surface area contributed by atoms with Crippen LogP contribution in [0.2, 0.25) is 0 Å². The largest absolute Gasteiger partial charge is 0.508 e. The van der Waals surface area contributed by atoms with Gasteiger partial charge >= 0.3 is 0 Å². The molecule has 3 rings (SSSR count). The highest BCUT2D eigenvalue weighted by Crippen LogP contribution is 2.30. The van der Waals surface area contributed by atoms with E-state index >= 15 is 0 Å². The monoisotopic (exact) mass is 412 g/mol. The molecular formula is C20H20N4O4S. The maximum absolute atomic E-state index is 12.7. The summed E-state index contributed by atoms with van der Waals surface area (Å²) >= 11 is 1.01. The Morgan fingerprint density at radius 3 is 2.41 bits per heavy atom. The lowest BCUT2D eigenvalue weighted by Gasteiger charge is -2.15. The number of imide groups is 1. The third-order valence-corrected chi connectivity index (χ3v) is 5.26. The minimum Gasteiger partial charge on any atom is -0.508 e. The molecule has 0 spiro atoms. The molecule has 150 valence electrons. The van der Waals surface area contributed by atoms with Gasteiger partial charge in [-0.1, -0.05) is 11.8 Å². The Labute approximate surface area is 172 Å². The molecule has 1 aliphatic rings. The number of carbonyl (C=O) groups is 2. The first kappa shape index (κ1) is 20.4. The van der Waals surface area contributed by atoms with Gasteiger partial charge < -0.3 is 15.6 Å². The highest BCUT2D eigenvalue weighted by Gasteiger charge is 2.40. The van der Waals surface area contributed by atoms with E-state index in [4.69, 9.17) is 10.5 Å². The minimum absolute atomic E-state index is 0.0341. The molecule has 1 fully saturated rings. The lowest BCUT2D eigenvalue weighted by molar-refractivity contribution is -0.121. The van der Waals surface area contributed by atoms with Crippen molar-refractivity contribution in [3.63, 3.8) is 0 Å². The number of benzene rings is 2. The summed E-state index contributed by atoms with van der Waals surface area (Å²) < 4.78 is 5.09. The summed E-state index contributed by atoms with van der Waals surface area (Å²) in [7, 11) is 1.54. The van der Waals surface area contributed by atoms with Gasteiger partial charge in [-0.3, -0.25) is 9.59 Å². The highest BCUT2D eigenvalue weighted by molar-refractivity contribution is 8.14. The summed E-state index contributed by atoms with van der Waals surface area (Å²) in [4.78, 5) is 26.2. The van der Waals surface area contributed by atoms with E-state index < -0.39 is 5.25 Å². The van der Waals surface area contributed by atoms with Crippen LogP contribution in [0.15, 0.2) is 58.7 Å². The average Bonchev–Trinajstić information content (AvgIpc) is 2.99. The number of rotatable bonds is 5. The molecular weight excluding hydrogens is 392 g/mol. The van der Waals surface area contributed by atoms with Crippen molar-refractivity contribution in [3.05, 3.63) is 54.1 Å². The van der Waals surface area contributed by atoms with E-state index in [0.29, 0.717) is 17.1 Å². The molecule has 1 atom stereocenters. The van der Waals surface area contributed by atoms with E-state index in [0.717, 1.165) is 22.2 Å². The second kappa shape index (κ2) is 8.78. The smallest absolute Gasteiger partial charge is 0.247 e. The number of methoxy groups -OCH3 is 1. The summed E-state index contributed by atoms with van der Waals surface area (Å²) in [5.74, 6) is 0.153. The van der Waals surface area contributed by atoms with Crippen molar-refractivity contribution < 1.29 is 19.4 Å². The third-order valence-electron chi connectivity index (χ3n) is 4.28. The standard InChI is InChI=1S/C20H20N4O4S/c1-12(13-3-7-15(25)8-4-13)22-23-20(21)29-17-11-18(26)24(19(17)27)14-5-9-16(28-2)10-6-14/h3-10,17,25H,11H2,1-2H3,(H2,21,23). The number of anilines is 1. The minimum atomic E-state index is -0.655. The van der Waals surface area contributed by atoms with E-state index in [1.54, 1.807) is 62.6 Å². The molecule has 1 saturated heterocycles. The van der Waals surface area contributed by atoms with Crippen molar-refractivity contribution in [2.75, 3.05) is 12.0 Å². The number of phenols is 1. The van der Waals surface area contributed by atoms with E-state index in [1.807, 2.05) is 0 Å². The molecule has 1 heterocycles. The zero-order valence-electron chi connectivity index (χ0n) is 15.9. The molecule has 1 unspecified atom stereocenters. The Kier molecular flexibility index (Phi) is 6.18. The number of nitrogens with zero attached hydrogens (tertiary/aromatic N) is 3. The van der Waals surface area contributed by atoms with Crippen LogP contribution in [0.5, 0.6) is 11.5 Å². The maximum Gasteiger partial charge on any atom is 0.247 e. The Bertz CT molecular complexity index is 971. The fourth-order valence-corrected chi connectivity index (χ4v) is 3.56. The summed E-state index contributed by atoms with van der Waals surface area (Å²) in [5, 5.41) is 16.8. The Morgan fingerprint density at radius 2 is 1.79 bits per heavy atom. The third kappa shape index (κ3) is 4.75. The first-order valence-corrected chi connectivity index (χ1v) is 9.61. The maximum atomic E-state index is 12.7. The second-order valence-electron chi connectivity index (χ2n) is 6.25. The molecule has 0 aromatic heterocycles. The number of phenolic OH excluding ortho intramolecular Hbond substituents is 1. The predicted molar refractivity (Wildman–Crippen MR) is 113 cm³/mol. The Hall–Kier alpha value is -3.33. The summed E-state index contributed by atoms with van der Waals surface area (Å²) in [5.41, 5.74) is 7.77. The van der Waals surface area contributed by atoms with Crippen LogP contribution >= 0.6 is 11.8 Å². The van der Waals surface area contributed by atoms with Crippen molar-refractivity contribution >= 4 is 40.1 Å². The van der Waals surface area contributed by atoms with E-state index in [2.05, 4.69) is 10.2 Å². The van der Waals surface area contributed by atoms with Gasteiger partial charge in [0.15, 0.2) is 5.17 Å². The molecule has 0 saturated carbocycles. The van der Waals surface area contributed by atoms with Crippen LogP contribution in [0.4, 0.5) is 5.69 Å². The topological polar surface area (TPSA) is 118 Å². The van der Waals surface area contributed by atoms with Crippen molar-refractivity contribution in [2.45, 2.75) is 18.6 Å². The van der Waals surface area contributed by atoms with Crippen LogP contribution < -0.4 is 15.4 Å². The zero-order chi connectivity index (χ0) is 21.0. The predicted octanol–water partition coefficient (Wildman–Crippen LogP) is 2.50. The van der Waals surface area contributed by atoms with E-state index in [9.17, 15) is 14.7 Å². The van der Waals surface area contributed by atoms with E-state index in [1.165, 1.54) is 0 Å². The van der Waals surface area contributed by atoms with Crippen LogP contribution in [0.3, 0.4) is 0 Å². The fraction of sp³-hybridized carbons (Fsp3) is 0.200. The summed E-state index contributed by atoms with van der Waals surface area (Å²) in [6.07, 6.45) is 0.0341. The Morgan fingerprint density at radius 1 is 1.14 bits per heavy atom. The molecule has 1 aliphatic heterocycles.